The molecule has 1 aromatic carbocycles. The van der Waals surface area contributed by atoms with E-state index in [1.165, 1.54) is 0 Å². The van der Waals surface area contributed by atoms with Crippen LogP contribution in [0.25, 0.3) is 28.0 Å². The molecule has 0 unspecified atom stereocenters. The summed E-state index contributed by atoms with van der Waals surface area (Å²) < 4.78 is 5.67. The van der Waals surface area contributed by atoms with Crippen molar-refractivity contribution >= 4 is 33.8 Å². The minimum absolute atomic E-state index is 0.0597. The van der Waals surface area contributed by atoms with Gasteiger partial charge in [-0.3, -0.25) is 4.79 Å². The molecule has 0 fully saturated rings. The number of hydrogen-bond donors (Lipinski definition) is 0. The summed E-state index contributed by atoms with van der Waals surface area (Å²) >= 11 is 0. The third-order valence-corrected chi connectivity index (χ3v) is 3.01. The summed E-state index contributed by atoms with van der Waals surface area (Å²) in [4.78, 5) is 11.6. The van der Waals surface area contributed by atoms with Gasteiger partial charge in [0.2, 0.25) is 0 Å². The van der Waals surface area contributed by atoms with Crippen LogP contribution in [0.1, 0.15) is 15.9 Å². The molecule has 2 bridgehead atoms. The van der Waals surface area contributed by atoms with Gasteiger partial charge in [-0.2, -0.15) is 0 Å². The van der Waals surface area contributed by atoms with Gasteiger partial charge < -0.3 is 4.42 Å². The van der Waals surface area contributed by atoms with E-state index in [4.69, 9.17) is 4.42 Å². The molecule has 0 saturated heterocycles. The maximum absolute atomic E-state index is 11.6. The molecule has 0 atom stereocenters. The van der Waals surface area contributed by atoms with Crippen LogP contribution in [0.15, 0.2) is 34.8 Å². The van der Waals surface area contributed by atoms with Crippen molar-refractivity contribution in [2.45, 2.75) is 0 Å². The van der Waals surface area contributed by atoms with E-state index in [0.717, 1.165) is 33.1 Å². The van der Waals surface area contributed by atoms with Crippen LogP contribution in [-0.4, -0.2) is 5.78 Å². The van der Waals surface area contributed by atoms with Crippen molar-refractivity contribution in [3.8, 4) is 0 Å². The fourth-order valence-corrected chi connectivity index (χ4v) is 2.36. The van der Waals surface area contributed by atoms with Gasteiger partial charge in [0.1, 0.15) is 11.2 Å². The van der Waals surface area contributed by atoms with Crippen molar-refractivity contribution in [1.82, 2.24) is 0 Å². The highest BCUT2D eigenvalue weighted by atomic mass is 16.3. The van der Waals surface area contributed by atoms with Crippen LogP contribution < -0.4 is 0 Å². The molecule has 3 aromatic rings. The van der Waals surface area contributed by atoms with Crippen LogP contribution in [0.4, 0.5) is 0 Å². The summed E-state index contributed by atoms with van der Waals surface area (Å²) in [5.74, 6) is 0.0597. The van der Waals surface area contributed by atoms with Crippen LogP contribution in [-0.2, 0) is 0 Å². The molecule has 0 N–H and O–H groups in total. The van der Waals surface area contributed by atoms with Crippen LogP contribution in [0.2, 0.25) is 0 Å². The fraction of sp³-hybridized carbons (Fsp3) is 0. The Labute approximate surface area is 85.1 Å². The Morgan fingerprint density at radius 2 is 1.67 bits per heavy atom. The van der Waals surface area contributed by atoms with Crippen LogP contribution in [0.3, 0.4) is 0 Å². The first-order valence-electron chi connectivity index (χ1n) is 4.85. The molecule has 0 radical (unpaired) electrons. The van der Waals surface area contributed by atoms with E-state index in [0.29, 0.717) is 0 Å². The standard InChI is InChI=1S/C13H6O2/c14-10-6-5-9-11(10)13-8-4-2-1-3-7(8)12(9)15-13/h1-6H. The molecule has 0 aliphatic heterocycles. The Morgan fingerprint density at radius 1 is 0.933 bits per heavy atom. The fourth-order valence-electron chi connectivity index (χ4n) is 2.36. The van der Waals surface area contributed by atoms with Gasteiger partial charge in [0.15, 0.2) is 5.78 Å². The largest absolute Gasteiger partial charge is 0.455 e. The lowest BCUT2D eigenvalue weighted by atomic mass is 10.0. The van der Waals surface area contributed by atoms with Crippen LogP contribution in [0.5, 0.6) is 0 Å². The Balaban J connectivity index is 2.35. The number of rotatable bonds is 0. The predicted octanol–water partition coefficient (Wildman–Crippen LogP) is 3.23. The first kappa shape index (κ1) is 7.23. The summed E-state index contributed by atoms with van der Waals surface area (Å²) in [6.07, 6.45) is 3.45. The lowest BCUT2D eigenvalue weighted by Gasteiger charge is -1.95. The molecule has 0 amide bonds. The minimum Gasteiger partial charge on any atom is -0.455 e. The average molecular weight is 194 g/mol. The number of carbonyl (C=O) groups excluding carboxylic acids is 1. The molecule has 15 heavy (non-hydrogen) atoms. The third kappa shape index (κ3) is 0.666. The number of furan rings is 2. The van der Waals surface area contributed by atoms with E-state index in [1.54, 1.807) is 6.08 Å². The third-order valence-electron chi connectivity index (χ3n) is 3.01. The van der Waals surface area contributed by atoms with Gasteiger partial charge in [-0.05, 0) is 12.2 Å². The lowest BCUT2D eigenvalue weighted by Crippen LogP contribution is -1.89. The monoisotopic (exact) mass is 194 g/mol. The van der Waals surface area contributed by atoms with Gasteiger partial charge in [-0.15, -0.1) is 0 Å². The molecule has 1 aliphatic carbocycles. The van der Waals surface area contributed by atoms with Gasteiger partial charge in [-0.1, -0.05) is 24.3 Å². The van der Waals surface area contributed by atoms with Crippen molar-refractivity contribution in [3.05, 3.63) is 41.5 Å². The van der Waals surface area contributed by atoms with Gasteiger partial charge >= 0.3 is 0 Å². The number of carbonyl (C=O) groups is 1. The highest BCUT2D eigenvalue weighted by molar-refractivity contribution is 6.27. The normalized spacial score (nSPS) is 14.5. The highest BCUT2D eigenvalue weighted by Gasteiger charge is 2.27. The molecule has 4 rings (SSSR count). The van der Waals surface area contributed by atoms with Crippen LogP contribution in [0, 0.1) is 0 Å². The van der Waals surface area contributed by atoms with E-state index >= 15 is 0 Å². The van der Waals surface area contributed by atoms with Gasteiger partial charge in [0, 0.05) is 16.3 Å². The maximum Gasteiger partial charge on any atom is 0.190 e. The summed E-state index contributed by atoms with van der Waals surface area (Å²) in [5.41, 5.74) is 3.28. The molecular formula is C13H6O2. The van der Waals surface area contributed by atoms with E-state index in [9.17, 15) is 4.79 Å². The Hall–Kier alpha value is -2.09. The molecule has 2 heterocycles. The highest BCUT2D eigenvalue weighted by Crippen LogP contribution is 2.41. The second-order valence-corrected chi connectivity index (χ2v) is 3.79. The topological polar surface area (TPSA) is 30.2 Å². The second kappa shape index (κ2) is 2.11. The zero-order valence-electron chi connectivity index (χ0n) is 7.78. The smallest absolute Gasteiger partial charge is 0.190 e. The predicted molar refractivity (Wildman–Crippen MR) is 58.3 cm³/mol. The van der Waals surface area contributed by atoms with E-state index in [1.807, 2.05) is 30.3 Å². The van der Waals surface area contributed by atoms with Crippen molar-refractivity contribution in [2.75, 3.05) is 0 Å². The molecule has 0 spiro atoms. The summed E-state index contributed by atoms with van der Waals surface area (Å²) in [6, 6.07) is 7.96. The van der Waals surface area contributed by atoms with Crippen molar-refractivity contribution in [3.63, 3.8) is 0 Å². The lowest BCUT2D eigenvalue weighted by molar-refractivity contribution is 0.105. The molecule has 0 saturated carbocycles. The Kier molecular flexibility index (Phi) is 1.02. The quantitative estimate of drug-likeness (QED) is 0.550. The molecular weight excluding hydrogens is 188 g/mol. The zero-order valence-corrected chi connectivity index (χ0v) is 7.78. The first-order chi connectivity index (χ1) is 7.36. The number of ketones is 1. The second-order valence-electron chi connectivity index (χ2n) is 3.79. The minimum atomic E-state index is 0.0597. The van der Waals surface area contributed by atoms with E-state index in [2.05, 4.69) is 0 Å². The number of allylic oxidation sites excluding steroid dienone is 1. The summed E-state index contributed by atoms with van der Waals surface area (Å²) in [5, 5.41) is 2.15. The molecule has 2 aromatic heterocycles. The Morgan fingerprint density at radius 3 is 2.47 bits per heavy atom. The number of hydrogen-bond acceptors (Lipinski definition) is 2. The Bertz CT molecular complexity index is 731. The molecule has 2 nitrogen and oxygen atoms in total. The molecule has 1 aliphatic rings. The number of fused-ring (bicyclic) bond motifs is 8. The van der Waals surface area contributed by atoms with E-state index in [-0.39, 0.29) is 5.78 Å². The van der Waals surface area contributed by atoms with Crippen molar-refractivity contribution < 1.29 is 9.21 Å². The van der Waals surface area contributed by atoms with E-state index < -0.39 is 0 Å². The number of benzene rings is 2. The SMILES string of the molecule is O=C1C=Cc2c1c1oc2c2ccccc12. The summed E-state index contributed by atoms with van der Waals surface area (Å²) in [7, 11) is 0. The zero-order chi connectivity index (χ0) is 9.99. The molecule has 70 valence electrons. The maximum atomic E-state index is 11.6. The van der Waals surface area contributed by atoms with Gasteiger partial charge in [0.05, 0.1) is 5.56 Å². The van der Waals surface area contributed by atoms with Gasteiger partial charge in [-0.25, -0.2) is 0 Å². The van der Waals surface area contributed by atoms with Crippen LogP contribution >= 0.6 is 0 Å². The van der Waals surface area contributed by atoms with Crippen molar-refractivity contribution in [1.29, 1.82) is 0 Å². The first-order valence-corrected chi connectivity index (χ1v) is 4.85. The van der Waals surface area contributed by atoms with Crippen molar-refractivity contribution in [2.24, 2.45) is 0 Å². The van der Waals surface area contributed by atoms with Gasteiger partial charge in [0.25, 0.3) is 0 Å². The molecule has 2 heteroatoms. The summed E-state index contributed by atoms with van der Waals surface area (Å²) in [6.45, 7) is 0. The average Bonchev–Trinajstić information content (AvgIpc) is 2.90.